The number of rotatable bonds is 6. The molecule has 1 aromatic heterocycles. The van der Waals surface area contributed by atoms with Crippen LogP contribution in [0.25, 0.3) is 22.4 Å². The Kier molecular flexibility index (Phi) is 4.45. The number of methoxy groups -OCH3 is 1. The van der Waals surface area contributed by atoms with Crippen LogP contribution in [0.2, 0.25) is 0 Å². The van der Waals surface area contributed by atoms with Crippen molar-refractivity contribution in [1.29, 1.82) is 0 Å². The molecule has 2 aromatic carbocycles. The Balaban J connectivity index is 1.79. The van der Waals surface area contributed by atoms with Crippen molar-refractivity contribution in [3.05, 3.63) is 42.5 Å². The summed E-state index contributed by atoms with van der Waals surface area (Å²) in [5, 5.41) is 21.2. The van der Waals surface area contributed by atoms with Crippen molar-refractivity contribution in [1.82, 2.24) is 9.97 Å². The SMILES string of the molecule is COc1ccc2nc(-c3ccc(NCC(O)CO)cc3)[nH]c2c1. The van der Waals surface area contributed by atoms with Gasteiger partial charge in [0.1, 0.15) is 11.6 Å². The number of nitrogens with one attached hydrogen (secondary N) is 2. The largest absolute Gasteiger partial charge is 0.497 e. The minimum atomic E-state index is -0.764. The summed E-state index contributed by atoms with van der Waals surface area (Å²) in [4.78, 5) is 7.85. The number of imidazole rings is 1. The number of fused-ring (bicyclic) bond motifs is 1. The molecule has 6 heteroatoms. The maximum absolute atomic E-state index is 9.34. The molecule has 0 fully saturated rings. The smallest absolute Gasteiger partial charge is 0.138 e. The fraction of sp³-hybridized carbons (Fsp3) is 0.235. The van der Waals surface area contributed by atoms with Crippen LogP contribution >= 0.6 is 0 Å². The lowest BCUT2D eigenvalue weighted by Crippen LogP contribution is -2.22. The van der Waals surface area contributed by atoms with Crippen LogP contribution in [-0.4, -0.2) is 46.5 Å². The van der Waals surface area contributed by atoms with Gasteiger partial charge in [-0.15, -0.1) is 0 Å². The van der Waals surface area contributed by atoms with Gasteiger partial charge in [0.25, 0.3) is 0 Å². The molecule has 3 rings (SSSR count). The van der Waals surface area contributed by atoms with Crippen molar-refractivity contribution in [2.75, 3.05) is 25.6 Å². The fourth-order valence-corrected chi connectivity index (χ4v) is 2.30. The first-order valence-corrected chi connectivity index (χ1v) is 7.36. The number of benzene rings is 2. The first-order valence-electron chi connectivity index (χ1n) is 7.36. The Labute approximate surface area is 133 Å². The Hall–Kier alpha value is -2.57. The molecule has 0 aliphatic heterocycles. The Morgan fingerprint density at radius 1 is 1.22 bits per heavy atom. The molecule has 0 saturated heterocycles. The van der Waals surface area contributed by atoms with Gasteiger partial charge >= 0.3 is 0 Å². The standard InChI is InChI=1S/C17H19N3O3/c1-23-14-6-7-15-16(8-14)20-17(19-15)11-2-4-12(5-3-11)18-9-13(22)10-21/h2-8,13,18,21-22H,9-10H2,1H3,(H,19,20). The fourth-order valence-electron chi connectivity index (χ4n) is 2.30. The zero-order chi connectivity index (χ0) is 16.2. The summed E-state index contributed by atoms with van der Waals surface area (Å²) in [5.41, 5.74) is 3.65. The lowest BCUT2D eigenvalue weighted by atomic mass is 10.2. The third kappa shape index (κ3) is 3.44. The Morgan fingerprint density at radius 3 is 2.70 bits per heavy atom. The van der Waals surface area contributed by atoms with Gasteiger partial charge in [0.15, 0.2) is 0 Å². The normalized spacial score (nSPS) is 12.3. The number of aromatic nitrogens is 2. The minimum absolute atomic E-state index is 0.256. The predicted octanol–water partition coefficient (Wildman–Crippen LogP) is 2.00. The molecule has 0 aliphatic rings. The predicted molar refractivity (Wildman–Crippen MR) is 89.7 cm³/mol. The summed E-state index contributed by atoms with van der Waals surface area (Å²) in [6, 6.07) is 13.4. The molecule has 0 saturated carbocycles. The van der Waals surface area contributed by atoms with Crippen molar-refractivity contribution in [2.45, 2.75) is 6.10 Å². The summed E-state index contributed by atoms with van der Waals surface area (Å²) in [5.74, 6) is 1.57. The minimum Gasteiger partial charge on any atom is -0.497 e. The average Bonchev–Trinajstić information content (AvgIpc) is 3.03. The molecular weight excluding hydrogens is 294 g/mol. The number of hydrogen-bond donors (Lipinski definition) is 4. The second kappa shape index (κ2) is 6.68. The quantitative estimate of drug-likeness (QED) is 0.559. The number of anilines is 1. The van der Waals surface area contributed by atoms with Crippen LogP contribution in [0.5, 0.6) is 5.75 Å². The van der Waals surface area contributed by atoms with E-state index >= 15 is 0 Å². The van der Waals surface area contributed by atoms with E-state index in [1.54, 1.807) is 7.11 Å². The highest BCUT2D eigenvalue weighted by Gasteiger charge is 2.07. The van der Waals surface area contributed by atoms with E-state index in [0.29, 0.717) is 6.54 Å². The van der Waals surface area contributed by atoms with Crippen LogP contribution in [0.1, 0.15) is 0 Å². The number of aliphatic hydroxyl groups excluding tert-OH is 2. The van der Waals surface area contributed by atoms with Gasteiger partial charge in [0, 0.05) is 23.9 Å². The van der Waals surface area contributed by atoms with E-state index in [4.69, 9.17) is 9.84 Å². The molecule has 0 aliphatic carbocycles. The van der Waals surface area contributed by atoms with E-state index in [0.717, 1.165) is 33.9 Å². The van der Waals surface area contributed by atoms with E-state index in [1.165, 1.54) is 0 Å². The van der Waals surface area contributed by atoms with Gasteiger partial charge in [0.2, 0.25) is 0 Å². The molecule has 120 valence electrons. The molecule has 0 radical (unpaired) electrons. The molecular formula is C17H19N3O3. The van der Waals surface area contributed by atoms with E-state index in [-0.39, 0.29) is 6.61 Å². The van der Waals surface area contributed by atoms with Gasteiger partial charge in [0.05, 0.1) is 30.9 Å². The van der Waals surface area contributed by atoms with Crippen LogP contribution in [0, 0.1) is 0 Å². The van der Waals surface area contributed by atoms with Gasteiger partial charge in [-0.2, -0.15) is 0 Å². The van der Waals surface area contributed by atoms with Crippen LogP contribution in [0.15, 0.2) is 42.5 Å². The third-order valence-corrected chi connectivity index (χ3v) is 3.60. The van der Waals surface area contributed by atoms with E-state index in [1.807, 2.05) is 42.5 Å². The highest BCUT2D eigenvalue weighted by molar-refractivity contribution is 5.80. The van der Waals surface area contributed by atoms with E-state index < -0.39 is 6.10 Å². The number of hydrogen-bond acceptors (Lipinski definition) is 5. The maximum atomic E-state index is 9.34. The topological polar surface area (TPSA) is 90.4 Å². The molecule has 0 amide bonds. The summed E-state index contributed by atoms with van der Waals surface area (Å²) >= 11 is 0. The summed E-state index contributed by atoms with van der Waals surface area (Å²) < 4.78 is 5.21. The first kappa shape index (κ1) is 15.3. The molecule has 1 unspecified atom stereocenters. The lowest BCUT2D eigenvalue weighted by molar-refractivity contribution is 0.105. The van der Waals surface area contributed by atoms with Gasteiger partial charge in [-0.05, 0) is 36.4 Å². The highest BCUT2D eigenvalue weighted by atomic mass is 16.5. The summed E-state index contributed by atoms with van der Waals surface area (Å²) in [6.07, 6.45) is -0.764. The lowest BCUT2D eigenvalue weighted by Gasteiger charge is -2.10. The number of nitrogens with zero attached hydrogens (tertiary/aromatic N) is 1. The second-order valence-electron chi connectivity index (χ2n) is 5.26. The summed E-state index contributed by atoms with van der Waals surface area (Å²) in [7, 11) is 1.64. The molecule has 4 N–H and O–H groups in total. The van der Waals surface area contributed by atoms with Gasteiger partial charge < -0.3 is 25.3 Å². The molecule has 23 heavy (non-hydrogen) atoms. The second-order valence-corrected chi connectivity index (χ2v) is 5.26. The molecule has 1 heterocycles. The van der Waals surface area contributed by atoms with Crippen molar-refractivity contribution < 1.29 is 14.9 Å². The number of aromatic amines is 1. The van der Waals surface area contributed by atoms with E-state index in [2.05, 4.69) is 15.3 Å². The van der Waals surface area contributed by atoms with Crippen LogP contribution < -0.4 is 10.1 Å². The van der Waals surface area contributed by atoms with Crippen molar-refractivity contribution in [3.63, 3.8) is 0 Å². The van der Waals surface area contributed by atoms with Crippen molar-refractivity contribution in [3.8, 4) is 17.1 Å². The first-order chi connectivity index (χ1) is 11.2. The van der Waals surface area contributed by atoms with Crippen LogP contribution in [0.4, 0.5) is 5.69 Å². The van der Waals surface area contributed by atoms with E-state index in [9.17, 15) is 5.11 Å². The molecule has 3 aromatic rings. The molecule has 1 atom stereocenters. The summed E-state index contributed by atoms with van der Waals surface area (Å²) in [6.45, 7) is 0.0494. The maximum Gasteiger partial charge on any atom is 0.138 e. The van der Waals surface area contributed by atoms with Gasteiger partial charge in [-0.3, -0.25) is 0 Å². The third-order valence-electron chi connectivity index (χ3n) is 3.60. The monoisotopic (exact) mass is 313 g/mol. The Bertz CT molecular complexity index is 783. The van der Waals surface area contributed by atoms with Crippen LogP contribution in [-0.2, 0) is 0 Å². The van der Waals surface area contributed by atoms with Crippen molar-refractivity contribution in [2.24, 2.45) is 0 Å². The zero-order valence-electron chi connectivity index (χ0n) is 12.8. The number of ether oxygens (including phenoxy) is 1. The number of aliphatic hydroxyl groups is 2. The number of H-pyrrole nitrogens is 1. The molecule has 0 bridgehead atoms. The Morgan fingerprint density at radius 2 is 2.00 bits per heavy atom. The highest BCUT2D eigenvalue weighted by Crippen LogP contribution is 2.24. The van der Waals surface area contributed by atoms with Gasteiger partial charge in [-0.25, -0.2) is 4.98 Å². The van der Waals surface area contributed by atoms with Crippen molar-refractivity contribution >= 4 is 16.7 Å². The zero-order valence-corrected chi connectivity index (χ0v) is 12.8. The van der Waals surface area contributed by atoms with Gasteiger partial charge in [-0.1, -0.05) is 0 Å². The van der Waals surface area contributed by atoms with Crippen LogP contribution in [0.3, 0.4) is 0 Å². The molecule has 0 spiro atoms. The molecule has 6 nitrogen and oxygen atoms in total. The average molecular weight is 313 g/mol.